The van der Waals surface area contributed by atoms with E-state index >= 15 is 0 Å². The van der Waals surface area contributed by atoms with Gasteiger partial charge in [0.25, 0.3) is 5.56 Å². The largest absolute Gasteiger partial charge is 0.322 e. The third kappa shape index (κ3) is 2.83. The van der Waals surface area contributed by atoms with E-state index in [-0.39, 0.29) is 11.0 Å². The molecule has 122 valence electrons. The molecule has 9 heteroatoms. The molecule has 1 aromatic carbocycles. The number of nitrogens with zero attached hydrogens (tertiary/aromatic N) is 3. The van der Waals surface area contributed by atoms with E-state index in [0.29, 0.717) is 6.07 Å². The summed E-state index contributed by atoms with van der Waals surface area (Å²) >= 11 is 0. The van der Waals surface area contributed by atoms with Crippen LogP contribution in [0, 0.1) is 17.5 Å². The Labute approximate surface area is 132 Å². The highest BCUT2D eigenvalue weighted by Crippen LogP contribution is 2.19. The first kappa shape index (κ1) is 15.7. The van der Waals surface area contributed by atoms with Crippen LogP contribution in [0.4, 0.5) is 18.9 Å². The lowest BCUT2D eigenvalue weighted by Gasteiger charge is -2.09. The van der Waals surface area contributed by atoms with Crippen molar-refractivity contribution >= 4 is 22.6 Å². The minimum absolute atomic E-state index is 0.215. The highest BCUT2D eigenvalue weighted by molar-refractivity contribution is 5.90. The summed E-state index contributed by atoms with van der Waals surface area (Å²) in [5.41, 5.74) is -0.804. The van der Waals surface area contributed by atoms with Gasteiger partial charge < -0.3 is 5.32 Å². The van der Waals surface area contributed by atoms with Crippen molar-refractivity contribution in [3.63, 3.8) is 0 Å². The van der Waals surface area contributed by atoms with Crippen molar-refractivity contribution in [2.75, 3.05) is 5.32 Å². The SMILES string of the molecule is O=C(Cn1cnc2ncccc2c1=O)Nc1ccc(F)c(F)c1F. The van der Waals surface area contributed by atoms with Gasteiger partial charge >= 0.3 is 0 Å². The molecule has 0 fully saturated rings. The molecule has 0 bridgehead atoms. The maximum Gasteiger partial charge on any atom is 0.263 e. The van der Waals surface area contributed by atoms with Crippen LogP contribution in [0.15, 0.2) is 41.6 Å². The molecule has 0 spiro atoms. The minimum atomic E-state index is -1.69. The Morgan fingerprint density at radius 1 is 1.12 bits per heavy atom. The number of nitrogens with one attached hydrogen (secondary N) is 1. The van der Waals surface area contributed by atoms with Crippen molar-refractivity contribution in [3.05, 3.63) is 64.6 Å². The first-order valence-electron chi connectivity index (χ1n) is 6.71. The van der Waals surface area contributed by atoms with Gasteiger partial charge in [0.2, 0.25) is 5.91 Å². The Morgan fingerprint density at radius 2 is 1.92 bits per heavy atom. The van der Waals surface area contributed by atoms with Crippen LogP contribution in [-0.4, -0.2) is 20.4 Å². The van der Waals surface area contributed by atoms with Crippen molar-refractivity contribution in [3.8, 4) is 0 Å². The fourth-order valence-electron chi connectivity index (χ4n) is 2.08. The number of halogens is 3. The molecular formula is C15H9F3N4O2. The Kier molecular flexibility index (Phi) is 3.98. The van der Waals surface area contributed by atoms with E-state index in [1.807, 2.05) is 0 Å². The van der Waals surface area contributed by atoms with E-state index in [0.717, 1.165) is 17.0 Å². The highest BCUT2D eigenvalue weighted by atomic mass is 19.2. The molecule has 0 unspecified atom stereocenters. The van der Waals surface area contributed by atoms with Gasteiger partial charge in [0, 0.05) is 6.20 Å². The minimum Gasteiger partial charge on any atom is -0.322 e. The summed E-state index contributed by atoms with van der Waals surface area (Å²) in [7, 11) is 0. The van der Waals surface area contributed by atoms with E-state index in [1.54, 1.807) is 6.07 Å². The maximum atomic E-state index is 13.5. The van der Waals surface area contributed by atoms with Crippen LogP contribution >= 0.6 is 0 Å². The Morgan fingerprint density at radius 3 is 2.71 bits per heavy atom. The van der Waals surface area contributed by atoms with Crippen molar-refractivity contribution in [1.29, 1.82) is 0 Å². The average Bonchev–Trinajstić information content (AvgIpc) is 2.58. The van der Waals surface area contributed by atoms with Crippen LogP contribution in [0.1, 0.15) is 0 Å². The summed E-state index contributed by atoms with van der Waals surface area (Å²) in [5.74, 6) is -5.38. The lowest BCUT2D eigenvalue weighted by molar-refractivity contribution is -0.116. The summed E-state index contributed by atoms with van der Waals surface area (Å²) in [6, 6.07) is 4.62. The molecule has 1 amide bonds. The number of pyridine rings is 1. The van der Waals surface area contributed by atoms with Gasteiger partial charge in [-0.25, -0.2) is 23.1 Å². The van der Waals surface area contributed by atoms with E-state index in [2.05, 4.69) is 15.3 Å². The number of hydrogen-bond acceptors (Lipinski definition) is 4. The first-order chi connectivity index (χ1) is 11.5. The van der Waals surface area contributed by atoms with E-state index in [4.69, 9.17) is 0 Å². The molecule has 3 rings (SSSR count). The lowest BCUT2D eigenvalue weighted by atomic mass is 10.2. The van der Waals surface area contributed by atoms with Crippen molar-refractivity contribution < 1.29 is 18.0 Å². The monoisotopic (exact) mass is 334 g/mol. The number of amides is 1. The zero-order valence-corrected chi connectivity index (χ0v) is 12.0. The van der Waals surface area contributed by atoms with Gasteiger partial charge in [-0.2, -0.15) is 0 Å². The maximum absolute atomic E-state index is 13.5. The quantitative estimate of drug-likeness (QED) is 0.742. The summed E-state index contributed by atoms with van der Waals surface area (Å²) in [6.45, 7) is -0.477. The van der Waals surface area contributed by atoms with Gasteiger partial charge in [-0.3, -0.25) is 14.2 Å². The van der Waals surface area contributed by atoms with E-state index in [1.165, 1.54) is 12.3 Å². The second-order valence-corrected chi connectivity index (χ2v) is 4.82. The van der Waals surface area contributed by atoms with Gasteiger partial charge in [-0.1, -0.05) is 0 Å². The van der Waals surface area contributed by atoms with Crippen LogP contribution in [-0.2, 0) is 11.3 Å². The molecule has 2 heterocycles. The molecule has 1 N–H and O–H groups in total. The number of carbonyl (C=O) groups is 1. The summed E-state index contributed by atoms with van der Waals surface area (Å²) < 4.78 is 40.5. The molecule has 0 aliphatic heterocycles. The van der Waals surface area contributed by atoms with Crippen LogP contribution in [0.5, 0.6) is 0 Å². The number of rotatable bonds is 3. The summed E-state index contributed by atoms with van der Waals surface area (Å²) in [5, 5.41) is 2.29. The zero-order chi connectivity index (χ0) is 17.3. The van der Waals surface area contributed by atoms with E-state index in [9.17, 15) is 22.8 Å². The van der Waals surface area contributed by atoms with Crippen LogP contribution in [0.2, 0.25) is 0 Å². The second kappa shape index (κ2) is 6.11. The molecular weight excluding hydrogens is 325 g/mol. The van der Waals surface area contributed by atoms with Crippen LogP contribution in [0.3, 0.4) is 0 Å². The summed E-state index contributed by atoms with van der Waals surface area (Å²) in [6.07, 6.45) is 2.59. The molecule has 24 heavy (non-hydrogen) atoms. The van der Waals surface area contributed by atoms with Crippen molar-refractivity contribution in [1.82, 2.24) is 14.5 Å². The first-order valence-corrected chi connectivity index (χ1v) is 6.71. The second-order valence-electron chi connectivity index (χ2n) is 4.82. The highest BCUT2D eigenvalue weighted by Gasteiger charge is 2.16. The zero-order valence-electron chi connectivity index (χ0n) is 12.0. The number of benzene rings is 1. The summed E-state index contributed by atoms with van der Waals surface area (Å²) in [4.78, 5) is 32.0. The van der Waals surface area contributed by atoms with Crippen molar-refractivity contribution in [2.24, 2.45) is 0 Å². The van der Waals surface area contributed by atoms with Crippen LogP contribution < -0.4 is 10.9 Å². The molecule has 0 saturated heterocycles. The molecule has 2 aromatic heterocycles. The Hall–Kier alpha value is -3.23. The number of anilines is 1. The van der Waals surface area contributed by atoms with Gasteiger partial charge in [-0.15, -0.1) is 0 Å². The van der Waals surface area contributed by atoms with Gasteiger partial charge in [0.15, 0.2) is 23.1 Å². The van der Waals surface area contributed by atoms with Gasteiger partial charge in [-0.05, 0) is 24.3 Å². The predicted molar refractivity (Wildman–Crippen MR) is 78.7 cm³/mol. The Balaban J connectivity index is 1.84. The van der Waals surface area contributed by atoms with E-state index < -0.39 is 41.2 Å². The molecule has 0 saturated carbocycles. The Bertz CT molecular complexity index is 1000. The van der Waals surface area contributed by atoms with Gasteiger partial charge in [0.05, 0.1) is 11.1 Å². The molecule has 0 atom stereocenters. The third-order valence-electron chi connectivity index (χ3n) is 3.22. The number of carbonyl (C=O) groups excluding carboxylic acids is 1. The smallest absolute Gasteiger partial charge is 0.263 e. The molecule has 3 aromatic rings. The van der Waals surface area contributed by atoms with Crippen molar-refractivity contribution in [2.45, 2.75) is 6.54 Å². The molecule has 0 aliphatic rings. The van der Waals surface area contributed by atoms with Crippen LogP contribution in [0.25, 0.3) is 11.0 Å². The lowest BCUT2D eigenvalue weighted by Crippen LogP contribution is -2.28. The average molecular weight is 334 g/mol. The number of fused-ring (bicyclic) bond motifs is 1. The normalized spacial score (nSPS) is 10.8. The standard InChI is InChI=1S/C15H9F3N4O2/c16-9-3-4-10(13(18)12(9)17)21-11(23)6-22-7-20-14-8(15(22)24)2-1-5-19-14/h1-5,7H,6H2,(H,21,23). The topological polar surface area (TPSA) is 76.9 Å². The number of hydrogen-bond donors (Lipinski definition) is 1. The fourth-order valence-corrected chi connectivity index (χ4v) is 2.08. The predicted octanol–water partition coefficient (Wildman–Crippen LogP) is 1.85. The third-order valence-corrected chi connectivity index (χ3v) is 3.22. The molecule has 6 nitrogen and oxygen atoms in total. The fraction of sp³-hybridized carbons (Fsp3) is 0.0667. The molecule has 0 aliphatic carbocycles. The molecule has 0 radical (unpaired) electrons. The van der Waals surface area contributed by atoms with Gasteiger partial charge in [0.1, 0.15) is 12.9 Å². The number of aromatic nitrogens is 3.